The number of likely N-dealkylation sites (tertiary alicyclic amines) is 1. The van der Waals surface area contributed by atoms with Crippen molar-refractivity contribution in [3.8, 4) is 0 Å². The van der Waals surface area contributed by atoms with Gasteiger partial charge in [-0.3, -0.25) is 4.79 Å². The van der Waals surface area contributed by atoms with Crippen molar-refractivity contribution in [2.24, 2.45) is 5.92 Å². The molecule has 4 heteroatoms. The zero-order valence-corrected chi connectivity index (χ0v) is 19.7. The molecule has 1 fully saturated rings. The Labute approximate surface area is 182 Å². The van der Waals surface area contributed by atoms with Crippen molar-refractivity contribution in [1.29, 1.82) is 0 Å². The Morgan fingerprint density at radius 3 is 2.13 bits per heavy atom. The average molecular weight is 411 g/mol. The minimum absolute atomic E-state index is 0.0763. The number of likely N-dealkylation sites (N-methyl/N-ethyl adjacent to an activating group) is 1. The van der Waals surface area contributed by atoms with E-state index < -0.39 is 5.97 Å². The highest BCUT2D eigenvalue weighted by molar-refractivity contribution is 5.70. The molecule has 0 aliphatic carbocycles. The van der Waals surface area contributed by atoms with Crippen LogP contribution in [0.25, 0.3) is 0 Å². The molecular formula is C26H38N2O2. The third-order valence-corrected chi connectivity index (χ3v) is 6.49. The summed E-state index contributed by atoms with van der Waals surface area (Å²) in [4.78, 5) is 16.0. The number of piperidine rings is 1. The van der Waals surface area contributed by atoms with E-state index in [1.54, 1.807) is 0 Å². The Bertz CT molecular complexity index is 847. The summed E-state index contributed by atoms with van der Waals surface area (Å²) in [5.41, 5.74) is 4.31. The molecule has 1 unspecified atom stereocenters. The SMILES string of the molecule is CN1C(N2CCC(C(=O)O)CC2)=CC=CC1c1ccc(C(C)(C)C)c(C(C)(C)C)c1. The Kier molecular flexibility index (Phi) is 6.08. The van der Waals surface area contributed by atoms with E-state index in [1.165, 1.54) is 22.5 Å². The predicted octanol–water partition coefficient (Wildman–Crippen LogP) is 5.46. The van der Waals surface area contributed by atoms with E-state index >= 15 is 0 Å². The molecule has 0 aromatic heterocycles. The van der Waals surface area contributed by atoms with Crippen LogP contribution in [-0.4, -0.2) is 41.0 Å². The van der Waals surface area contributed by atoms with Crippen LogP contribution in [0.4, 0.5) is 0 Å². The van der Waals surface area contributed by atoms with Crippen molar-refractivity contribution < 1.29 is 9.90 Å². The Morgan fingerprint density at radius 2 is 1.60 bits per heavy atom. The van der Waals surface area contributed by atoms with Gasteiger partial charge in [-0.2, -0.15) is 0 Å². The van der Waals surface area contributed by atoms with Crippen molar-refractivity contribution in [2.75, 3.05) is 20.1 Å². The molecule has 2 aliphatic heterocycles. The molecule has 2 aliphatic rings. The van der Waals surface area contributed by atoms with Gasteiger partial charge in [0, 0.05) is 20.1 Å². The van der Waals surface area contributed by atoms with Crippen LogP contribution in [0.2, 0.25) is 0 Å². The second-order valence-corrected chi connectivity index (χ2v) is 10.9. The molecule has 0 saturated carbocycles. The van der Waals surface area contributed by atoms with Gasteiger partial charge in [-0.15, -0.1) is 0 Å². The predicted molar refractivity (Wildman–Crippen MR) is 124 cm³/mol. The van der Waals surface area contributed by atoms with Crippen LogP contribution in [0, 0.1) is 5.92 Å². The number of carbonyl (C=O) groups is 1. The molecule has 0 spiro atoms. The van der Waals surface area contributed by atoms with E-state index in [0.29, 0.717) is 12.8 Å². The van der Waals surface area contributed by atoms with E-state index in [0.717, 1.165) is 13.1 Å². The molecule has 164 valence electrons. The van der Waals surface area contributed by atoms with Gasteiger partial charge < -0.3 is 14.9 Å². The Hall–Kier alpha value is -2.23. The summed E-state index contributed by atoms with van der Waals surface area (Å²) in [5, 5.41) is 9.29. The van der Waals surface area contributed by atoms with E-state index in [9.17, 15) is 9.90 Å². The van der Waals surface area contributed by atoms with E-state index in [4.69, 9.17) is 0 Å². The molecule has 3 rings (SSSR count). The van der Waals surface area contributed by atoms with Gasteiger partial charge in [0.2, 0.25) is 0 Å². The van der Waals surface area contributed by atoms with E-state index in [1.807, 2.05) is 0 Å². The quantitative estimate of drug-likeness (QED) is 0.718. The summed E-state index contributed by atoms with van der Waals surface area (Å²) in [7, 11) is 2.15. The topological polar surface area (TPSA) is 43.8 Å². The number of allylic oxidation sites excluding steroid dienone is 2. The molecule has 2 heterocycles. The highest BCUT2D eigenvalue weighted by atomic mass is 16.4. The number of carboxylic acid groups (broad SMARTS) is 1. The van der Waals surface area contributed by atoms with Crippen molar-refractivity contribution in [3.05, 3.63) is 58.9 Å². The number of nitrogens with zero attached hydrogens (tertiary/aromatic N) is 2. The maximum Gasteiger partial charge on any atom is 0.306 e. The van der Waals surface area contributed by atoms with Crippen molar-refractivity contribution >= 4 is 5.97 Å². The number of hydrogen-bond acceptors (Lipinski definition) is 3. The average Bonchev–Trinajstić information content (AvgIpc) is 2.66. The van der Waals surface area contributed by atoms with Crippen molar-refractivity contribution in [2.45, 2.75) is 71.3 Å². The van der Waals surface area contributed by atoms with Crippen molar-refractivity contribution in [1.82, 2.24) is 9.80 Å². The van der Waals surface area contributed by atoms with Gasteiger partial charge in [-0.25, -0.2) is 0 Å². The normalized spacial score (nSPS) is 21.0. The number of rotatable bonds is 3. The summed E-state index contributed by atoms with van der Waals surface area (Å²) >= 11 is 0. The standard InChI is InChI=1S/C26H38N2O2/c1-25(2,3)20-12-11-19(17-21(20)26(4,5)6)22-9-8-10-23(27(22)7)28-15-13-18(14-16-28)24(29)30/h8-12,17-18,22H,13-16H2,1-7H3,(H,29,30). The van der Waals surface area contributed by atoms with Crippen LogP contribution in [0.1, 0.15) is 77.1 Å². The summed E-state index contributed by atoms with van der Waals surface area (Å²) < 4.78 is 0. The Balaban J connectivity index is 1.86. The lowest BCUT2D eigenvalue weighted by Crippen LogP contribution is -2.42. The molecule has 0 bridgehead atoms. The molecule has 4 nitrogen and oxygen atoms in total. The summed E-state index contributed by atoms with van der Waals surface area (Å²) in [6.45, 7) is 15.3. The van der Waals surface area contributed by atoms with Gasteiger partial charge in [0.1, 0.15) is 5.82 Å². The maximum absolute atomic E-state index is 11.3. The number of carboxylic acids is 1. The highest BCUT2D eigenvalue weighted by Gasteiger charge is 2.31. The second kappa shape index (κ2) is 8.13. The van der Waals surface area contributed by atoms with Crippen LogP contribution in [-0.2, 0) is 15.6 Å². The van der Waals surface area contributed by atoms with Gasteiger partial charge in [-0.05, 0) is 46.4 Å². The van der Waals surface area contributed by atoms with Crippen LogP contribution >= 0.6 is 0 Å². The molecule has 1 aromatic carbocycles. The fraction of sp³-hybridized carbons (Fsp3) is 0.577. The van der Waals surface area contributed by atoms with Crippen molar-refractivity contribution in [3.63, 3.8) is 0 Å². The smallest absolute Gasteiger partial charge is 0.306 e. The number of hydrogen-bond donors (Lipinski definition) is 1. The lowest BCUT2D eigenvalue weighted by Gasteiger charge is -2.42. The largest absolute Gasteiger partial charge is 0.481 e. The number of benzene rings is 1. The van der Waals surface area contributed by atoms with Gasteiger partial charge in [0.15, 0.2) is 0 Å². The van der Waals surface area contributed by atoms with E-state index in [-0.39, 0.29) is 22.8 Å². The first-order chi connectivity index (χ1) is 13.9. The van der Waals surface area contributed by atoms with Crippen LogP contribution in [0.5, 0.6) is 0 Å². The van der Waals surface area contributed by atoms with Crippen LogP contribution in [0.15, 0.2) is 42.2 Å². The minimum atomic E-state index is -0.660. The lowest BCUT2D eigenvalue weighted by molar-refractivity contribution is -0.143. The molecular weight excluding hydrogens is 372 g/mol. The van der Waals surface area contributed by atoms with Crippen LogP contribution < -0.4 is 0 Å². The molecule has 30 heavy (non-hydrogen) atoms. The zero-order chi connectivity index (χ0) is 22.3. The van der Waals surface area contributed by atoms with Gasteiger partial charge >= 0.3 is 5.97 Å². The molecule has 0 radical (unpaired) electrons. The zero-order valence-electron chi connectivity index (χ0n) is 19.7. The highest BCUT2D eigenvalue weighted by Crippen LogP contribution is 2.38. The minimum Gasteiger partial charge on any atom is -0.481 e. The monoisotopic (exact) mass is 410 g/mol. The Morgan fingerprint density at radius 1 is 1.00 bits per heavy atom. The summed E-state index contributed by atoms with van der Waals surface area (Å²) in [5.74, 6) is 0.317. The second-order valence-electron chi connectivity index (χ2n) is 10.9. The van der Waals surface area contributed by atoms with Gasteiger partial charge in [-0.1, -0.05) is 71.9 Å². The molecule has 0 amide bonds. The summed E-state index contributed by atoms with van der Waals surface area (Å²) in [6, 6.07) is 7.16. The van der Waals surface area contributed by atoms with Gasteiger partial charge in [0.05, 0.1) is 12.0 Å². The third kappa shape index (κ3) is 4.58. The summed E-state index contributed by atoms with van der Waals surface area (Å²) in [6.07, 6.45) is 7.99. The molecule has 1 aromatic rings. The first kappa shape index (κ1) is 22.5. The first-order valence-corrected chi connectivity index (χ1v) is 11.1. The lowest BCUT2D eigenvalue weighted by atomic mass is 9.74. The van der Waals surface area contributed by atoms with Gasteiger partial charge in [0.25, 0.3) is 0 Å². The number of aliphatic carboxylic acids is 1. The maximum atomic E-state index is 11.3. The fourth-order valence-electron chi connectivity index (χ4n) is 4.68. The van der Waals surface area contributed by atoms with E-state index in [2.05, 4.69) is 94.8 Å². The molecule has 1 atom stereocenters. The molecule has 1 saturated heterocycles. The fourth-order valence-corrected chi connectivity index (χ4v) is 4.68. The first-order valence-electron chi connectivity index (χ1n) is 11.1. The molecule has 1 N–H and O–H groups in total. The van der Waals surface area contributed by atoms with Crippen LogP contribution in [0.3, 0.4) is 0 Å². The third-order valence-electron chi connectivity index (χ3n) is 6.49.